The first-order valence-electron chi connectivity index (χ1n) is 5.98. The quantitative estimate of drug-likeness (QED) is 0.483. The summed E-state index contributed by atoms with van der Waals surface area (Å²) in [7, 11) is -3.74. The van der Waals surface area contributed by atoms with Crippen LogP contribution in [-0.2, 0) is 9.84 Å². The van der Waals surface area contributed by atoms with Crippen molar-refractivity contribution in [2.75, 3.05) is 0 Å². The van der Waals surface area contributed by atoms with Crippen LogP contribution in [0.15, 0.2) is 17.0 Å². The topological polar surface area (TPSA) is 94.3 Å². The van der Waals surface area contributed by atoms with Crippen molar-refractivity contribution >= 4 is 32.4 Å². The number of hydrogen-bond donors (Lipinski definition) is 0. The Kier molecular flexibility index (Phi) is 3.84. The average molecular weight is 318 g/mol. The fourth-order valence-electron chi connectivity index (χ4n) is 2.11. The highest BCUT2D eigenvalue weighted by Gasteiger charge is 2.37. The van der Waals surface area contributed by atoms with Gasteiger partial charge in [0.25, 0.3) is 10.9 Å². The molecule has 0 spiro atoms. The monoisotopic (exact) mass is 317 g/mol. The molecule has 1 saturated carbocycles. The number of benzene rings is 1. The van der Waals surface area contributed by atoms with Crippen LogP contribution in [0.2, 0.25) is 0 Å². The van der Waals surface area contributed by atoms with Crippen LogP contribution in [0.1, 0.15) is 35.2 Å². The molecule has 0 saturated heterocycles. The van der Waals surface area contributed by atoms with Gasteiger partial charge in [-0.05, 0) is 43.0 Å². The van der Waals surface area contributed by atoms with Crippen molar-refractivity contribution < 1.29 is 18.1 Å². The molecular formula is C12H12ClNO5S. The van der Waals surface area contributed by atoms with Gasteiger partial charge in [0.1, 0.15) is 4.90 Å². The van der Waals surface area contributed by atoms with Crippen molar-refractivity contribution in [2.45, 2.75) is 36.3 Å². The minimum atomic E-state index is -3.74. The van der Waals surface area contributed by atoms with E-state index in [1.165, 1.54) is 13.0 Å². The molecule has 0 unspecified atom stereocenters. The first kappa shape index (κ1) is 14.9. The van der Waals surface area contributed by atoms with Gasteiger partial charge in [0.2, 0.25) is 0 Å². The summed E-state index contributed by atoms with van der Waals surface area (Å²) in [6, 6.07) is 2.11. The normalized spacial score (nSPS) is 15.7. The molecular weight excluding hydrogens is 306 g/mol. The van der Waals surface area contributed by atoms with Crippen molar-refractivity contribution in [3.05, 3.63) is 33.4 Å². The van der Waals surface area contributed by atoms with E-state index in [0.717, 1.165) is 12.5 Å². The second-order valence-electron chi connectivity index (χ2n) is 4.76. The summed E-state index contributed by atoms with van der Waals surface area (Å²) < 4.78 is 24.7. The molecule has 1 aromatic carbocycles. The zero-order valence-corrected chi connectivity index (χ0v) is 12.2. The molecule has 8 heteroatoms. The lowest BCUT2D eigenvalue weighted by Gasteiger charge is -2.25. The molecule has 1 fully saturated rings. The number of sulfone groups is 1. The Hall–Kier alpha value is -1.47. The Morgan fingerprint density at radius 2 is 2.00 bits per heavy atom. The zero-order chi connectivity index (χ0) is 15.1. The molecule has 0 heterocycles. The third-order valence-corrected chi connectivity index (χ3v) is 6.00. The molecule has 1 aliphatic rings. The van der Waals surface area contributed by atoms with E-state index in [-0.39, 0.29) is 10.5 Å². The van der Waals surface area contributed by atoms with Crippen LogP contribution in [-0.4, -0.2) is 23.8 Å². The molecule has 0 aliphatic heterocycles. The van der Waals surface area contributed by atoms with Crippen LogP contribution in [0.4, 0.5) is 5.69 Å². The second kappa shape index (κ2) is 5.14. The molecule has 2 rings (SSSR count). The smallest absolute Gasteiger partial charge is 0.276 e. The number of rotatable bonds is 4. The summed E-state index contributed by atoms with van der Waals surface area (Å²) in [4.78, 5) is 21.1. The SMILES string of the molecule is Cc1cc(S(=O)(=O)C2CCC2)c([N+](=O)[O-])cc1C(=O)Cl. The molecule has 0 N–H and O–H groups in total. The van der Waals surface area contributed by atoms with Gasteiger partial charge >= 0.3 is 0 Å². The lowest BCUT2D eigenvalue weighted by atomic mass is 10.00. The highest BCUT2D eigenvalue weighted by Crippen LogP contribution is 2.36. The summed E-state index contributed by atoms with van der Waals surface area (Å²) in [5.41, 5.74) is -0.328. The van der Waals surface area contributed by atoms with Gasteiger partial charge in [0.15, 0.2) is 9.84 Å². The number of hydrogen-bond acceptors (Lipinski definition) is 5. The standard InChI is InChI=1S/C12H12ClNO5S/c1-7-5-11(20(18,19)8-3-2-4-8)10(14(16)17)6-9(7)12(13)15/h5-6,8H,2-4H2,1H3. The Morgan fingerprint density at radius 1 is 1.40 bits per heavy atom. The van der Waals surface area contributed by atoms with Gasteiger partial charge in [-0.15, -0.1) is 0 Å². The molecule has 0 aromatic heterocycles. The first-order valence-corrected chi connectivity index (χ1v) is 7.90. The Bertz CT molecular complexity index is 694. The third kappa shape index (κ3) is 2.43. The number of nitro groups is 1. The zero-order valence-electron chi connectivity index (χ0n) is 10.6. The molecule has 1 aliphatic carbocycles. The fraction of sp³-hybridized carbons (Fsp3) is 0.417. The van der Waals surface area contributed by atoms with E-state index in [4.69, 9.17) is 11.6 Å². The van der Waals surface area contributed by atoms with Gasteiger partial charge in [-0.25, -0.2) is 8.42 Å². The van der Waals surface area contributed by atoms with E-state index in [2.05, 4.69) is 0 Å². The van der Waals surface area contributed by atoms with E-state index >= 15 is 0 Å². The van der Waals surface area contributed by atoms with Crippen molar-refractivity contribution in [3.8, 4) is 0 Å². The van der Waals surface area contributed by atoms with Crippen molar-refractivity contribution in [1.29, 1.82) is 0 Å². The van der Waals surface area contributed by atoms with Crippen LogP contribution in [0.25, 0.3) is 0 Å². The highest BCUT2D eigenvalue weighted by molar-refractivity contribution is 7.92. The molecule has 0 bridgehead atoms. The minimum absolute atomic E-state index is 0.0501. The summed E-state index contributed by atoms with van der Waals surface area (Å²) >= 11 is 5.34. The van der Waals surface area contributed by atoms with Crippen molar-refractivity contribution in [2.24, 2.45) is 0 Å². The van der Waals surface area contributed by atoms with Gasteiger partial charge in [-0.3, -0.25) is 14.9 Å². The number of carbonyl (C=O) groups excluding carboxylic acids is 1. The Morgan fingerprint density at radius 3 is 2.40 bits per heavy atom. The van der Waals surface area contributed by atoms with E-state index in [1.54, 1.807) is 0 Å². The second-order valence-corrected chi connectivity index (χ2v) is 7.30. The summed E-state index contributed by atoms with van der Waals surface area (Å²) in [6.45, 7) is 1.50. The van der Waals surface area contributed by atoms with Gasteiger partial charge in [0.05, 0.1) is 10.2 Å². The molecule has 0 amide bonds. The van der Waals surface area contributed by atoms with Crippen LogP contribution >= 0.6 is 11.6 Å². The van der Waals surface area contributed by atoms with Crippen molar-refractivity contribution in [3.63, 3.8) is 0 Å². The first-order chi connectivity index (χ1) is 9.25. The van der Waals surface area contributed by atoms with E-state index < -0.39 is 30.9 Å². The molecule has 6 nitrogen and oxygen atoms in total. The van der Waals surface area contributed by atoms with E-state index in [0.29, 0.717) is 18.4 Å². The van der Waals surface area contributed by atoms with Gasteiger partial charge in [-0.1, -0.05) is 6.42 Å². The molecule has 0 atom stereocenters. The van der Waals surface area contributed by atoms with Crippen LogP contribution in [0, 0.1) is 17.0 Å². The maximum Gasteiger partial charge on any atom is 0.288 e. The molecule has 108 valence electrons. The average Bonchev–Trinajstić information content (AvgIpc) is 2.24. The predicted molar refractivity (Wildman–Crippen MR) is 72.8 cm³/mol. The highest BCUT2D eigenvalue weighted by atomic mass is 35.5. The lowest BCUT2D eigenvalue weighted by Crippen LogP contribution is -2.29. The number of nitrogens with zero attached hydrogens (tertiary/aromatic N) is 1. The summed E-state index contributed by atoms with van der Waals surface area (Å²) in [5.74, 6) is 0. The van der Waals surface area contributed by atoms with E-state index in [1.807, 2.05) is 0 Å². The van der Waals surface area contributed by atoms with Gasteiger partial charge < -0.3 is 0 Å². The van der Waals surface area contributed by atoms with Crippen molar-refractivity contribution in [1.82, 2.24) is 0 Å². The van der Waals surface area contributed by atoms with Crippen LogP contribution < -0.4 is 0 Å². The van der Waals surface area contributed by atoms with Gasteiger partial charge in [-0.2, -0.15) is 0 Å². The van der Waals surface area contributed by atoms with Gasteiger partial charge in [0, 0.05) is 11.6 Å². The predicted octanol–water partition coefficient (Wildman–Crippen LogP) is 2.61. The molecule has 0 radical (unpaired) electrons. The Balaban J connectivity index is 2.66. The number of halogens is 1. The minimum Gasteiger partial charge on any atom is -0.276 e. The largest absolute Gasteiger partial charge is 0.288 e. The summed E-state index contributed by atoms with van der Waals surface area (Å²) in [5, 5.41) is 9.65. The maximum absolute atomic E-state index is 12.4. The molecule has 1 aromatic rings. The fourth-order valence-corrected chi connectivity index (χ4v) is 4.40. The summed E-state index contributed by atoms with van der Waals surface area (Å²) in [6.07, 6.45) is 1.82. The lowest BCUT2D eigenvalue weighted by molar-refractivity contribution is -0.387. The van der Waals surface area contributed by atoms with Crippen LogP contribution in [0.3, 0.4) is 0 Å². The number of aryl methyl sites for hydroxylation is 1. The Labute approximate surface area is 120 Å². The number of nitro benzene ring substituents is 1. The maximum atomic E-state index is 12.4. The third-order valence-electron chi connectivity index (χ3n) is 3.51. The molecule has 20 heavy (non-hydrogen) atoms. The van der Waals surface area contributed by atoms with E-state index in [9.17, 15) is 23.3 Å². The van der Waals surface area contributed by atoms with Crippen LogP contribution in [0.5, 0.6) is 0 Å². The number of carbonyl (C=O) groups is 1.